The molecule has 0 saturated carbocycles. The maximum atomic E-state index is 4.55. The minimum atomic E-state index is 0.0428. The molecule has 0 aliphatic rings. The summed E-state index contributed by atoms with van der Waals surface area (Å²) < 4.78 is 0. The van der Waals surface area contributed by atoms with E-state index in [0.717, 1.165) is 11.6 Å². The van der Waals surface area contributed by atoms with Crippen LogP contribution in [0.1, 0.15) is 34.6 Å². The topological polar surface area (TPSA) is 24.4 Å². The van der Waals surface area contributed by atoms with Gasteiger partial charge < -0.3 is 5.32 Å². The number of aliphatic imine (C=N–C) groups is 1. The van der Waals surface area contributed by atoms with Gasteiger partial charge in [0.05, 0.1) is 0 Å². The second-order valence-corrected chi connectivity index (χ2v) is 5.45. The van der Waals surface area contributed by atoms with Gasteiger partial charge in [-0.05, 0) is 40.7 Å². The summed E-state index contributed by atoms with van der Waals surface area (Å²) in [6.45, 7) is 10.6. The van der Waals surface area contributed by atoms with Crippen molar-refractivity contribution in [3.8, 4) is 0 Å². The Morgan fingerprint density at radius 2 is 2.00 bits per heavy atom. The maximum absolute atomic E-state index is 4.55. The normalized spacial score (nSPS) is 14.6. The number of thiol groups is 1. The van der Waals surface area contributed by atoms with E-state index >= 15 is 0 Å². The van der Waals surface area contributed by atoms with Crippen molar-refractivity contribution in [2.24, 2.45) is 4.99 Å². The predicted molar refractivity (Wildman–Crippen MR) is 75.9 cm³/mol. The lowest BCUT2D eigenvalue weighted by molar-refractivity contribution is 0.510. The van der Waals surface area contributed by atoms with Crippen LogP contribution in [0.5, 0.6) is 0 Å². The third-order valence-corrected chi connectivity index (χ3v) is 2.03. The SMILES string of the molecule is B/C(=C/C(=N\C(C)C)NC(C)(C)C)CS. The third kappa shape index (κ3) is 8.61. The van der Waals surface area contributed by atoms with Crippen molar-refractivity contribution in [3.63, 3.8) is 0 Å². The van der Waals surface area contributed by atoms with Gasteiger partial charge in [0.15, 0.2) is 0 Å². The molecule has 4 heteroatoms. The molecule has 1 N–H and O–H groups in total. The highest BCUT2D eigenvalue weighted by Crippen LogP contribution is 2.02. The van der Waals surface area contributed by atoms with E-state index in [0.29, 0.717) is 6.04 Å². The van der Waals surface area contributed by atoms with Crippen LogP contribution in [0.3, 0.4) is 0 Å². The van der Waals surface area contributed by atoms with Gasteiger partial charge in [-0.3, -0.25) is 4.99 Å². The Morgan fingerprint density at radius 3 is 2.33 bits per heavy atom. The number of hydrogen-bond donors (Lipinski definition) is 2. The molecule has 0 amide bonds. The van der Waals surface area contributed by atoms with Crippen LogP contribution in [0.4, 0.5) is 0 Å². The molecule has 0 atom stereocenters. The molecule has 86 valence electrons. The molecule has 0 aromatic rings. The largest absolute Gasteiger partial charge is 0.366 e. The van der Waals surface area contributed by atoms with Gasteiger partial charge in [0.25, 0.3) is 0 Å². The number of rotatable bonds is 3. The fourth-order valence-corrected chi connectivity index (χ4v) is 1.14. The average molecular weight is 226 g/mol. The lowest BCUT2D eigenvalue weighted by atomic mass is 9.97. The third-order valence-electron chi connectivity index (χ3n) is 1.53. The fourth-order valence-electron chi connectivity index (χ4n) is 1.05. The van der Waals surface area contributed by atoms with E-state index in [1.807, 2.05) is 0 Å². The number of nitrogens with one attached hydrogen (secondary N) is 1. The van der Waals surface area contributed by atoms with Crippen LogP contribution in [-0.2, 0) is 0 Å². The van der Waals surface area contributed by atoms with Crippen LogP contribution in [0, 0.1) is 0 Å². The van der Waals surface area contributed by atoms with Gasteiger partial charge in [-0.1, -0.05) is 5.47 Å². The second-order valence-electron chi connectivity index (χ2n) is 5.13. The van der Waals surface area contributed by atoms with Crippen molar-refractivity contribution in [1.29, 1.82) is 0 Å². The second kappa shape index (κ2) is 6.26. The van der Waals surface area contributed by atoms with E-state index in [9.17, 15) is 0 Å². The zero-order valence-corrected chi connectivity index (χ0v) is 11.7. The van der Waals surface area contributed by atoms with E-state index < -0.39 is 0 Å². The number of nitrogens with zero attached hydrogens (tertiary/aromatic N) is 1. The van der Waals surface area contributed by atoms with Crippen LogP contribution in [0.25, 0.3) is 0 Å². The van der Waals surface area contributed by atoms with Gasteiger partial charge in [-0.25, -0.2) is 0 Å². The van der Waals surface area contributed by atoms with Crippen molar-refractivity contribution < 1.29 is 0 Å². The Morgan fingerprint density at radius 1 is 1.47 bits per heavy atom. The van der Waals surface area contributed by atoms with E-state index in [4.69, 9.17) is 0 Å². The van der Waals surface area contributed by atoms with Crippen LogP contribution in [-0.4, -0.2) is 31.0 Å². The van der Waals surface area contributed by atoms with Crippen LogP contribution < -0.4 is 5.32 Å². The summed E-state index contributed by atoms with van der Waals surface area (Å²) in [4.78, 5) is 4.55. The molecular formula is C11H23BN2S. The predicted octanol–water partition coefficient (Wildman–Crippen LogP) is 1.63. The Labute approximate surface area is 100 Å². The highest BCUT2D eigenvalue weighted by atomic mass is 32.1. The van der Waals surface area contributed by atoms with Gasteiger partial charge in [-0.2, -0.15) is 12.6 Å². The van der Waals surface area contributed by atoms with E-state index in [1.165, 1.54) is 5.47 Å². The molecule has 0 aromatic heterocycles. The summed E-state index contributed by atoms with van der Waals surface area (Å²) >= 11 is 4.24. The summed E-state index contributed by atoms with van der Waals surface area (Å²) in [7, 11) is 2.06. The Hall–Kier alpha value is -0.375. The molecule has 0 fully saturated rings. The molecule has 0 aromatic carbocycles. The molecule has 0 heterocycles. The summed E-state index contributed by atoms with van der Waals surface area (Å²) in [5.41, 5.74) is 1.26. The highest BCUT2D eigenvalue weighted by molar-refractivity contribution is 7.80. The fraction of sp³-hybridized carbons (Fsp3) is 0.727. The highest BCUT2D eigenvalue weighted by Gasteiger charge is 2.11. The van der Waals surface area contributed by atoms with Crippen LogP contribution >= 0.6 is 12.6 Å². The molecule has 0 aliphatic heterocycles. The minimum absolute atomic E-state index is 0.0428. The molecule has 0 spiro atoms. The maximum Gasteiger partial charge on any atom is 0.135 e. The summed E-state index contributed by atoms with van der Waals surface area (Å²) in [6, 6.07) is 0.304. The first-order chi connectivity index (χ1) is 6.74. The molecule has 0 bridgehead atoms. The first-order valence-electron chi connectivity index (χ1n) is 5.38. The van der Waals surface area contributed by atoms with Gasteiger partial charge in [0.2, 0.25) is 0 Å². The van der Waals surface area contributed by atoms with Crippen molar-refractivity contribution in [3.05, 3.63) is 11.5 Å². The van der Waals surface area contributed by atoms with Crippen molar-refractivity contribution in [1.82, 2.24) is 5.32 Å². The van der Waals surface area contributed by atoms with Crippen molar-refractivity contribution in [2.45, 2.75) is 46.2 Å². The summed E-state index contributed by atoms with van der Waals surface area (Å²) in [6.07, 6.45) is 2.07. The summed E-state index contributed by atoms with van der Waals surface area (Å²) in [5, 5.41) is 3.39. The van der Waals surface area contributed by atoms with Gasteiger partial charge in [0, 0.05) is 17.3 Å². The van der Waals surface area contributed by atoms with Crippen LogP contribution in [0.15, 0.2) is 16.5 Å². The Bertz CT molecular complexity index is 252. The molecule has 0 unspecified atom stereocenters. The molecule has 2 nitrogen and oxygen atoms in total. The summed E-state index contributed by atoms with van der Waals surface area (Å²) in [5.74, 6) is 1.71. The van der Waals surface area contributed by atoms with Gasteiger partial charge in [0.1, 0.15) is 13.7 Å². The molecule has 15 heavy (non-hydrogen) atoms. The molecule has 0 saturated heterocycles. The van der Waals surface area contributed by atoms with E-state index in [2.05, 4.69) is 71.5 Å². The Balaban J connectivity index is 4.76. The zero-order chi connectivity index (χ0) is 12.1. The minimum Gasteiger partial charge on any atom is -0.366 e. The number of amidine groups is 1. The van der Waals surface area contributed by atoms with Gasteiger partial charge >= 0.3 is 0 Å². The van der Waals surface area contributed by atoms with E-state index in [-0.39, 0.29) is 5.54 Å². The quantitative estimate of drug-likeness (QED) is 0.325. The first-order valence-corrected chi connectivity index (χ1v) is 6.02. The zero-order valence-electron chi connectivity index (χ0n) is 10.8. The molecule has 0 radical (unpaired) electrons. The van der Waals surface area contributed by atoms with Crippen molar-refractivity contribution in [2.75, 3.05) is 5.75 Å². The van der Waals surface area contributed by atoms with E-state index in [1.54, 1.807) is 0 Å². The number of hydrogen-bond acceptors (Lipinski definition) is 2. The molecular weight excluding hydrogens is 203 g/mol. The first kappa shape index (κ1) is 14.6. The Kier molecular flexibility index (Phi) is 6.10. The molecule has 0 aliphatic carbocycles. The van der Waals surface area contributed by atoms with Crippen LogP contribution in [0.2, 0.25) is 0 Å². The lowest BCUT2D eigenvalue weighted by Gasteiger charge is -2.23. The van der Waals surface area contributed by atoms with Crippen molar-refractivity contribution >= 4 is 26.3 Å². The lowest BCUT2D eigenvalue weighted by Crippen LogP contribution is -2.40. The smallest absolute Gasteiger partial charge is 0.135 e. The van der Waals surface area contributed by atoms with Gasteiger partial charge in [-0.15, -0.1) is 0 Å². The average Bonchev–Trinajstić information content (AvgIpc) is 1.99. The monoisotopic (exact) mass is 226 g/mol. The standard InChI is InChI=1S/C11H23BN2S/c1-8(2)13-10(6-9(12)7-15)14-11(3,4)5/h6,8,15H,7,12H2,1-5H3,(H,13,14)/b9-6+. The molecule has 0 rings (SSSR count).